The van der Waals surface area contributed by atoms with Gasteiger partial charge in [0.15, 0.2) is 5.82 Å². The number of hydrogen-bond acceptors (Lipinski definition) is 5. The normalized spacial score (nSPS) is 11.4. The average molecular weight is 285 g/mol. The number of rotatable bonds is 3. The van der Waals surface area contributed by atoms with Crippen LogP contribution < -0.4 is 16.8 Å². The first-order valence-corrected chi connectivity index (χ1v) is 5.45. The van der Waals surface area contributed by atoms with E-state index in [1.807, 2.05) is 0 Å². The molecule has 3 N–H and O–H groups in total. The molecule has 9 heteroatoms. The molecule has 0 radical (unpaired) electrons. The molecule has 2 aromatic rings. The van der Waals surface area contributed by atoms with Crippen LogP contribution in [0, 0.1) is 0 Å². The van der Waals surface area contributed by atoms with Crippen molar-refractivity contribution in [2.75, 3.05) is 5.43 Å². The van der Waals surface area contributed by atoms with E-state index >= 15 is 0 Å². The van der Waals surface area contributed by atoms with Crippen molar-refractivity contribution >= 4 is 5.82 Å². The van der Waals surface area contributed by atoms with E-state index in [0.29, 0.717) is 11.5 Å². The molecule has 2 rings (SSSR count). The highest BCUT2D eigenvalue weighted by Crippen LogP contribution is 2.28. The van der Waals surface area contributed by atoms with Crippen molar-refractivity contribution in [3.05, 3.63) is 52.3 Å². The monoisotopic (exact) mass is 285 g/mol. The van der Waals surface area contributed by atoms with E-state index < -0.39 is 17.3 Å². The van der Waals surface area contributed by atoms with Crippen molar-refractivity contribution in [2.24, 2.45) is 5.84 Å². The van der Waals surface area contributed by atoms with Gasteiger partial charge in [-0.15, -0.1) is 0 Å². The summed E-state index contributed by atoms with van der Waals surface area (Å²) >= 11 is 0. The van der Waals surface area contributed by atoms with Gasteiger partial charge in [0.05, 0.1) is 30.2 Å². The quantitative estimate of drug-likeness (QED) is 0.649. The van der Waals surface area contributed by atoms with Crippen LogP contribution in [0.3, 0.4) is 0 Å². The lowest BCUT2D eigenvalue weighted by Crippen LogP contribution is -2.22. The van der Waals surface area contributed by atoms with Crippen LogP contribution in [0.15, 0.2) is 35.5 Å². The summed E-state index contributed by atoms with van der Waals surface area (Å²) in [4.78, 5) is 19.3. The lowest BCUT2D eigenvalue weighted by Gasteiger charge is -2.10. The van der Waals surface area contributed by atoms with Gasteiger partial charge < -0.3 is 9.99 Å². The molecule has 0 unspecified atom stereocenters. The molecule has 0 amide bonds. The molecule has 2 heterocycles. The van der Waals surface area contributed by atoms with Crippen LogP contribution in [0.5, 0.6) is 0 Å². The van der Waals surface area contributed by atoms with Gasteiger partial charge in [0, 0.05) is 12.3 Å². The molecule has 6 nitrogen and oxygen atoms in total. The summed E-state index contributed by atoms with van der Waals surface area (Å²) in [5.41, 5.74) is 1.15. The molecule has 0 atom stereocenters. The first-order valence-electron chi connectivity index (χ1n) is 5.45. The number of nitrogens with zero attached hydrogens (tertiary/aromatic N) is 3. The van der Waals surface area contributed by atoms with Crippen molar-refractivity contribution in [3.8, 4) is 0 Å². The number of aromatic nitrogens is 3. The molecular weight excluding hydrogens is 275 g/mol. The van der Waals surface area contributed by atoms with E-state index in [4.69, 9.17) is 5.84 Å². The number of hydrazine groups is 1. The predicted molar refractivity (Wildman–Crippen MR) is 64.6 cm³/mol. The van der Waals surface area contributed by atoms with E-state index in [0.717, 1.165) is 22.9 Å². The number of alkyl halides is 3. The van der Waals surface area contributed by atoms with E-state index in [1.165, 1.54) is 12.4 Å². The van der Waals surface area contributed by atoms with Gasteiger partial charge in [-0.3, -0.25) is 9.78 Å². The van der Waals surface area contributed by atoms with Gasteiger partial charge in [-0.05, 0) is 6.07 Å². The highest BCUT2D eigenvalue weighted by Gasteiger charge is 2.31. The molecule has 0 aromatic carbocycles. The Hall–Kier alpha value is -2.42. The molecule has 0 aliphatic carbocycles. The van der Waals surface area contributed by atoms with Crippen LogP contribution >= 0.6 is 0 Å². The second kappa shape index (κ2) is 5.29. The van der Waals surface area contributed by atoms with Crippen molar-refractivity contribution < 1.29 is 13.2 Å². The van der Waals surface area contributed by atoms with Gasteiger partial charge in [-0.2, -0.15) is 13.2 Å². The zero-order chi connectivity index (χ0) is 14.8. The van der Waals surface area contributed by atoms with Gasteiger partial charge in [-0.25, -0.2) is 10.8 Å². The third-order valence-corrected chi connectivity index (χ3v) is 2.50. The summed E-state index contributed by atoms with van der Waals surface area (Å²) in [5.74, 6) is 5.42. The van der Waals surface area contributed by atoms with Crippen molar-refractivity contribution in [3.63, 3.8) is 0 Å². The van der Waals surface area contributed by atoms with Crippen LogP contribution in [-0.2, 0) is 12.7 Å². The maximum absolute atomic E-state index is 12.6. The van der Waals surface area contributed by atoms with Gasteiger partial charge in [0.1, 0.15) is 0 Å². The SMILES string of the molecule is NNc1cnc(Cn2cc(C(F)(F)F)ccc2=O)cn1. The fourth-order valence-electron chi connectivity index (χ4n) is 1.51. The number of nitrogens with two attached hydrogens (primary N) is 1. The number of nitrogen functional groups attached to an aromatic ring is 1. The number of hydrogen-bond donors (Lipinski definition) is 2. The largest absolute Gasteiger partial charge is 0.417 e. The first kappa shape index (κ1) is 14.0. The second-order valence-electron chi connectivity index (χ2n) is 3.92. The first-order chi connectivity index (χ1) is 9.40. The number of halogens is 3. The summed E-state index contributed by atoms with van der Waals surface area (Å²) in [6.07, 6.45) is -1.12. The molecule has 0 spiro atoms. The summed E-state index contributed by atoms with van der Waals surface area (Å²) in [5, 5.41) is 0. The molecule has 0 aliphatic rings. The average Bonchev–Trinajstić information content (AvgIpc) is 2.41. The maximum Gasteiger partial charge on any atom is 0.417 e. The summed E-state index contributed by atoms with van der Waals surface area (Å²) < 4.78 is 38.6. The molecule has 0 saturated heterocycles. The van der Waals surface area contributed by atoms with Crippen LogP contribution in [0.25, 0.3) is 0 Å². The van der Waals surface area contributed by atoms with Crippen LogP contribution in [0.2, 0.25) is 0 Å². The Morgan fingerprint density at radius 1 is 1.25 bits per heavy atom. The Labute approximate surface area is 111 Å². The van der Waals surface area contributed by atoms with Gasteiger partial charge in [0.25, 0.3) is 5.56 Å². The minimum absolute atomic E-state index is 0.111. The molecule has 20 heavy (non-hydrogen) atoms. The van der Waals surface area contributed by atoms with E-state index in [-0.39, 0.29) is 6.54 Å². The topological polar surface area (TPSA) is 85.8 Å². The predicted octanol–water partition coefficient (Wildman–Crippen LogP) is 0.991. The molecule has 0 fully saturated rings. The van der Waals surface area contributed by atoms with Crippen molar-refractivity contribution in [1.29, 1.82) is 0 Å². The number of nitrogens with one attached hydrogen (secondary N) is 1. The molecule has 0 aliphatic heterocycles. The highest BCUT2D eigenvalue weighted by molar-refractivity contribution is 5.28. The number of anilines is 1. The second-order valence-corrected chi connectivity index (χ2v) is 3.92. The van der Waals surface area contributed by atoms with Gasteiger partial charge in [0.2, 0.25) is 0 Å². The van der Waals surface area contributed by atoms with Crippen LogP contribution in [0.4, 0.5) is 19.0 Å². The minimum atomic E-state index is -4.51. The summed E-state index contributed by atoms with van der Waals surface area (Å²) in [7, 11) is 0. The van der Waals surface area contributed by atoms with E-state index in [1.54, 1.807) is 0 Å². The Balaban J connectivity index is 2.30. The fourth-order valence-corrected chi connectivity index (χ4v) is 1.51. The van der Waals surface area contributed by atoms with E-state index in [2.05, 4.69) is 15.4 Å². The lowest BCUT2D eigenvalue weighted by molar-refractivity contribution is -0.138. The molecule has 0 bridgehead atoms. The summed E-state index contributed by atoms with van der Waals surface area (Å²) in [6.45, 7) is -0.111. The smallest absolute Gasteiger partial charge is 0.309 e. The molecule has 2 aromatic heterocycles. The zero-order valence-corrected chi connectivity index (χ0v) is 10.1. The standard InChI is InChI=1S/C11H10F3N5O/c12-11(13,14)7-1-2-10(20)19(5-7)6-8-3-17-9(18-15)4-16-8/h1-5H,6,15H2,(H,17,18). The van der Waals surface area contributed by atoms with Gasteiger partial charge in [-0.1, -0.05) is 0 Å². The Morgan fingerprint density at radius 3 is 2.55 bits per heavy atom. The zero-order valence-electron chi connectivity index (χ0n) is 10.1. The number of pyridine rings is 1. The summed E-state index contributed by atoms with van der Waals surface area (Å²) in [6, 6.07) is 1.61. The highest BCUT2D eigenvalue weighted by atomic mass is 19.4. The third kappa shape index (κ3) is 3.12. The Morgan fingerprint density at radius 2 is 2.00 bits per heavy atom. The van der Waals surface area contributed by atoms with Crippen molar-refractivity contribution in [2.45, 2.75) is 12.7 Å². The maximum atomic E-state index is 12.6. The van der Waals surface area contributed by atoms with Gasteiger partial charge >= 0.3 is 6.18 Å². The molecule has 106 valence electrons. The molecule has 0 saturated carbocycles. The van der Waals surface area contributed by atoms with Crippen LogP contribution in [-0.4, -0.2) is 14.5 Å². The molecular formula is C11H10F3N5O. The van der Waals surface area contributed by atoms with Crippen LogP contribution in [0.1, 0.15) is 11.3 Å². The fraction of sp³-hybridized carbons (Fsp3) is 0.182. The Kier molecular flexibility index (Phi) is 3.70. The Bertz CT molecular complexity index is 650. The lowest BCUT2D eigenvalue weighted by atomic mass is 10.2. The third-order valence-electron chi connectivity index (χ3n) is 2.50. The minimum Gasteiger partial charge on any atom is -0.309 e. The van der Waals surface area contributed by atoms with Crippen molar-refractivity contribution in [1.82, 2.24) is 14.5 Å². The van der Waals surface area contributed by atoms with E-state index in [9.17, 15) is 18.0 Å².